The van der Waals surface area contributed by atoms with Crippen molar-refractivity contribution in [3.8, 4) is 11.4 Å². The number of aromatic nitrogens is 2. The van der Waals surface area contributed by atoms with Crippen molar-refractivity contribution in [2.45, 2.75) is 59.3 Å². The van der Waals surface area contributed by atoms with Crippen molar-refractivity contribution in [3.05, 3.63) is 186 Å². The Morgan fingerprint density at radius 1 is 0.435 bits per heavy atom. The van der Waals surface area contributed by atoms with Crippen molar-refractivity contribution in [3.63, 3.8) is 0 Å². The maximum absolute atomic E-state index is 11.0. The van der Waals surface area contributed by atoms with Crippen LogP contribution in [0.5, 0.6) is 0 Å². The fourth-order valence-corrected chi connectivity index (χ4v) is 10.2. The van der Waals surface area contributed by atoms with Gasteiger partial charge in [-0.1, -0.05) is 120 Å². The van der Waals surface area contributed by atoms with E-state index >= 15 is 0 Å². The molecule has 0 atom stereocenters. The van der Waals surface area contributed by atoms with Crippen LogP contribution >= 0.6 is 0 Å². The van der Waals surface area contributed by atoms with Crippen LogP contribution < -0.4 is 26.2 Å². The molecular weight excluding hydrogens is 840 g/mol. The first-order chi connectivity index (χ1) is 45.1. The van der Waals surface area contributed by atoms with E-state index in [1.165, 1.54) is 11.8 Å². The molecule has 330 valence electrons. The Morgan fingerprint density at radius 3 is 1.81 bits per heavy atom. The van der Waals surface area contributed by atoms with Gasteiger partial charge in [0, 0.05) is 60.8 Å². The number of fused-ring (bicyclic) bond motifs is 15. The Hall–Kier alpha value is -7.96. The van der Waals surface area contributed by atoms with Gasteiger partial charge in [0.1, 0.15) is 11.2 Å². The van der Waals surface area contributed by atoms with E-state index in [1.54, 1.807) is 41.5 Å². The molecule has 3 aliphatic heterocycles. The third kappa shape index (κ3) is 5.16. The Kier molecular flexibility index (Phi) is 3.96. The highest BCUT2D eigenvalue weighted by atomic mass is 16.3. The van der Waals surface area contributed by atoms with Gasteiger partial charge in [-0.25, -0.2) is 0 Å². The van der Waals surface area contributed by atoms with Gasteiger partial charge in [0.15, 0.2) is 0 Å². The molecule has 0 N–H and O–H groups in total. The first-order valence-electron chi connectivity index (χ1n) is 36.2. The summed E-state index contributed by atoms with van der Waals surface area (Å²) in [5, 5.41) is -2.00. The van der Waals surface area contributed by atoms with Gasteiger partial charge >= 0.3 is 0 Å². The second kappa shape index (κ2) is 13.2. The van der Waals surface area contributed by atoms with Gasteiger partial charge in [-0.15, -0.1) is 0 Å². The molecule has 0 fully saturated rings. The molecule has 0 aliphatic carbocycles. The van der Waals surface area contributed by atoms with Crippen LogP contribution in [0.3, 0.4) is 0 Å². The van der Waals surface area contributed by atoms with E-state index in [0.717, 1.165) is 14.0 Å². The van der Waals surface area contributed by atoms with Crippen molar-refractivity contribution >= 4 is 123 Å². The predicted molar refractivity (Wildman–Crippen MR) is 292 cm³/mol. The van der Waals surface area contributed by atoms with Gasteiger partial charge in [0.25, 0.3) is 6.71 Å². The molecule has 0 bridgehead atoms. The molecule has 0 radical (unpaired) electrons. The average molecular weight is 917 g/mol. The predicted octanol–water partition coefficient (Wildman–Crippen LogP) is 15.1. The maximum Gasteiger partial charge on any atom is 0.252 e. The van der Waals surface area contributed by atoms with Crippen molar-refractivity contribution < 1.29 is 42.8 Å². The lowest BCUT2D eigenvalue weighted by molar-refractivity contribution is 0.590. The molecule has 3 aromatic heterocycles. The molecule has 3 aliphatic rings. The first-order valence-corrected chi connectivity index (χ1v) is 22.2. The minimum atomic E-state index is -1.95. The third-order valence-corrected chi connectivity index (χ3v) is 13.3. The lowest BCUT2D eigenvalue weighted by Crippen LogP contribution is -2.61. The van der Waals surface area contributed by atoms with Gasteiger partial charge in [-0.05, 0) is 141 Å². The number of hydrogen-bond donors (Lipinski definition) is 0. The van der Waals surface area contributed by atoms with E-state index < -0.39 is 253 Å². The van der Waals surface area contributed by atoms with Crippen molar-refractivity contribution in [1.29, 1.82) is 0 Å². The van der Waals surface area contributed by atoms with E-state index in [1.807, 2.05) is 0 Å². The lowest BCUT2D eigenvalue weighted by atomic mass is 9.33. The monoisotopic (exact) mass is 917 g/mol. The molecule has 6 heterocycles. The number of nitrogens with zero attached hydrogens (tertiary/aromatic N) is 4. The summed E-state index contributed by atoms with van der Waals surface area (Å²) < 4.78 is 281. The molecule has 6 heteroatoms. The van der Waals surface area contributed by atoms with Crippen LogP contribution in [0.2, 0.25) is 0 Å². The number of hydrogen-bond acceptors (Lipinski definition) is 3. The molecular formula is C63H49BN4O. The van der Waals surface area contributed by atoms with Crippen LogP contribution in [0.4, 0.5) is 34.1 Å². The lowest BCUT2D eigenvalue weighted by Gasteiger charge is -2.46. The zero-order valence-corrected chi connectivity index (χ0v) is 37.8. The SMILES string of the molecule is [2H]c1c([2H])c2c3c(c1[2H])-n1c4c([2H])c([2H])c([2H])c([2H])c4c4c([2H])c([2H])c([2H])c(c41)N3c1c([2H])c(C)c([2H])c3c1B2c1c([2H])c([2H])c(-n2c4c([2H])c([2H])c(C(C)(C)C)c([2H])c4c4c([2H])c(C(C)(C)C)c([2H])c([2H])c42)c([2H])c1N3c1c([2H])c([2H])c2oc3c([2H])c([2H])c([2H])c([2H])c3c2c1[2H]. The van der Waals surface area contributed by atoms with Crippen LogP contribution in [0.15, 0.2) is 174 Å². The summed E-state index contributed by atoms with van der Waals surface area (Å²) in [5.74, 6) is 0. The Morgan fingerprint density at radius 2 is 1.06 bits per heavy atom. The smallest absolute Gasteiger partial charge is 0.252 e. The fourth-order valence-electron chi connectivity index (χ4n) is 10.2. The maximum atomic E-state index is 11.0. The first kappa shape index (κ1) is 20.7. The van der Waals surface area contributed by atoms with Crippen LogP contribution in [0, 0.1) is 6.92 Å². The van der Waals surface area contributed by atoms with Crippen LogP contribution in [-0.2, 0) is 10.8 Å². The van der Waals surface area contributed by atoms with E-state index in [4.69, 9.17) is 11.3 Å². The van der Waals surface area contributed by atoms with Gasteiger partial charge in [-0.3, -0.25) is 0 Å². The van der Waals surface area contributed by atoms with Gasteiger partial charge in [0.2, 0.25) is 0 Å². The highest BCUT2D eigenvalue weighted by Gasteiger charge is 2.46. The van der Waals surface area contributed by atoms with Crippen molar-refractivity contribution in [1.82, 2.24) is 9.13 Å². The summed E-state index contributed by atoms with van der Waals surface area (Å²) in [7, 11) is 0. The zero-order chi connectivity index (χ0) is 70.8. The van der Waals surface area contributed by atoms with Crippen LogP contribution in [0.1, 0.15) is 96.6 Å². The number of rotatable bonds is 2. The van der Waals surface area contributed by atoms with Gasteiger partial charge in [-0.2, -0.15) is 0 Å². The topological polar surface area (TPSA) is 29.5 Å². The van der Waals surface area contributed by atoms with Crippen molar-refractivity contribution in [2.75, 3.05) is 9.80 Å². The normalized spacial score (nSPS) is 19.6. The highest BCUT2D eigenvalue weighted by Crippen LogP contribution is 2.53. The number of para-hydroxylation sites is 4. The molecule has 12 aromatic rings. The largest absolute Gasteiger partial charge is 0.456 e. The number of furan rings is 1. The van der Waals surface area contributed by atoms with Gasteiger partial charge < -0.3 is 23.4 Å². The standard InChI is InChI=1S/C63H49BN4O/c1-36-30-55-59-56(31-36)68-52-19-12-16-43-41-14-8-10-18-49(41)67(60(43)52)53-20-13-17-48(61(53)68)64(59)47-26-24-40(35-54(47)66(55)39-25-29-58-46(34-39)42-15-9-11-21-57(42)69-58)65-50-27-22-37(62(2,3)4)32-44(50)45-33-38(63(5,6)7)23-28-51(45)65/h8-35H,1-7H3/i8D,9D,10D,11D,12D,13D,14D,15D,16D,17D,18D,19D,20D,21D,22D,23D,24D,25D,26D,27D,28D,29D,30D,31D,32D,33D,34D,35D. The van der Waals surface area contributed by atoms with E-state index in [9.17, 15) is 31.5 Å². The molecule has 0 saturated heterocycles. The second-order valence-electron chi connectivity index (χ2n) is 19.6. The number of anilines is 6. The Bertz CT molecular complexity index is 5850. The number of benzene rings is 9. The van der Waals surface area contributed by atoms with E-state index in [0.29, 0.717) is 0 Å². The summed E-state index contributed by atoms with van der Waals surface area (Å²) in [6, 6.07) is -20.6. The van der Waals surface area contributed by atoms with E-state index in [2.05, 4.69) is 0 Å². The molecule has 5 nitrogen and oxygen atoms in total. The molecule has 69 heavy (non-hydrogen) atoms. The molecule has 0 saturated carbocycles. The molecule has 9 aromatic carbocycles. The molecule has 15 rings (SSSR count). The molecule has 0 amide bonds. The molecule has 0 spiro atoms. The zero-order valence-electron chi connectivity index (χ0n) is 65.8. The third-order valence-electron chi connectivity index (χ3n) is 13.3. The van der Waals surface area contributed by atoms with E-state index in [-0.39, 0.29) is 78.2 Å². The minimum absolute atomic E-state index is 0.0301. The summed E-state index contributed by atoms with van der Waals surface area (Å²) in [6.07, 6.45) is 0. The van der Waals surface area contributed by atoms with Crippen LogP contribution in [-0.4, -0.2) is 15.8 Å². The quantitative estimate of drug-likeness (QED) is 0.162. The Labute approximate surface area is 440 Å². The Balaban J connectivity index is 1.22. The summed E-state index contributed by atoms with van der Waals surface area (Å²) in [4.78, 5) is 2.13. The average Bonchev–Trinajstić information content (AvgIpc) is 1.63. The summed E-state index contributed by atoms with van der Waals surface area (Å²) >= 11 is 0. The summed E-state index contributed by atoms with van der Waals surface area (Å²) in [6.45, 7) is 9.58. The van der Waals surface area contributed by atoms with Crippen molar-refractivity contribution in [2.24, 2.45) is 0 Å². The molecule has 0 unspecified atom stereocenters. The second-order valence-corrected chi connectivity index (χ2v) is 19.6. The summed E-state index contributed by atoms with van der Waals surface area (Å²) in [5.41, 5.74) is -10.5. The highest BCUT2D eigenvalue weighted by molar-refractivity contribution is 7.00. The van der Waals surface area contributed by atoms with Gasteiger partial charge in [0.05, 0.1) is 77.5 Å². The fraction of sp³-hybridized carbons (Fsp3) is 0.143. The van der Waals surface area contributed by atoms with Crippen LogP contribution in [0.25, 0.3) is 76.9 Å². The minimum Gasteiger partial charge on any atom is -0.456 e.